The van der Waals surface area contributed by atoms with Gasteiger partial charge in [0.05, 0.1) is 27.7 Å². The summed E-state index contributed by atoms with van der Waals surface area (Å²) in [5.41, 5.74) is 6.39. The number of nitrogens with one attached hydrogen (secondary N) is 3. The number of anilines is 4. The van der Waals surface area contributed by atoms with Crippen molar-refractivity contribution >= 4 is 72.6 Å². The van der Waals surface area contributed by atoms with Crippen molar-refractivity contribution in [1.82, 2.24) is 19.6 Å². The van der Waals surface area contributed by atoms with Crippen LogP contribution in [0.3, 0.4) is 0 Å². The Labute approximate surface area is 397 Å². The largest absolute Gasteiger partial charge is 0.476 e. The average Bonchev–Trinajstić information content (AvgIpc) is 3.67. The fourth-order valence-electron chi connectivity index (χ4n) is 10.1. The molecule has 2 fully saturated rings. The van der Waals surface area contributed by atoms with E-state index >= 15 is 0 Å². The van der Waals surface area contributed by atoms with Gasteiger partial charge in [-0.05, 0) is 129 Å². The molecule has 2 saturated heterocycles. The van der Waals surface area contributed by atoms with E-state index in [1.54, 1.807) is 12.3 Å². The van der Waals surface area contributed by atoms with Gasteiger partial charge in [-0.15, -0.1) is 0 Å². The van der Waals surface area contributed by atoms with Crippen molar-refractivity contribution in [2.24, 2.45) is 11.3 Å². The lowest BCUT2D eigenvalue weighted by Crippen LogP contribution is -2.47. The number of H-pyrrole nitrogens is 1. The fraction of sp³-hybridized carbons (Fsp3) is 0.440. The molecule has 0 bridgehead atoms. The number of pyridine rings is 1. The van der Waals surface area contributed by atoms with Gasteiger partial charge in [0, 0.05) is 86.4 Å². The monoisotopic (exact) mass is 950 g/mol. The van der Waals surface area contributed by atoms with Gasteiger partial charge in [0.25, 0.3) is 21.6 Å². The predicted molar refractivity (Wildman–Crippen MR) is 263 cm³/mol. The number of amides is 1. The highest BCUT2D eigenvalue weighted by Crippen LogP contribution is 2.44. The number of rotatable bonds is 12. The summed E-state index contributed by atoms with van der Waals surface area (Å²) >= 11 is 6.28. The molecule has 9 rings (SSSR count). The third-order valence-electron chi connectivity index (χ3n) is 14.0. The number of fused-ring (bicyclic) bond motifs is 2. The first-order valence-corrected chi connectivity index (χ1v) is 25.1. The van der Waals surface area contributed by atoms with E-state index in [4.69, 9.17) is 26.1 Å². The molecule has 1 aliphatic carbocycles. The van der Waals surface area contributed by atoms with Gasteiger partial charge in [-0.3, -0.25) is 19.8 Å². The van der Waals surface area contributed by atoms with Crippen molar-refractivity contribution in [3.8, 4) is 5.88 Å². The number of sulfonamides is 1. The lowest BCUT2D eigenvalue weighted by Gasteiger charge is -2.39. The second-order valence-corrected chi connectivity index (χ2v) is 21.7. The fourth-order valence-corrected chi connectivity index (χ4v) is 11.2. The smallest absolute Gasteiger partial charge is 0.293 e. The highest BCUT2D eigenvalue weighted by Gasteiger charge is 2.35. The molecule has 67 heavy (non-hydrogen) atoms. The van der Waals surface area contributed by atoms with Crippen LogP contribution < -0.4 is 24.6 Å². The summed E-state index contributed by atoms with van der Waals surface area (Å²) in [5, 5.41) is 17.3. The number of carbonyl (C=O) groups excluding carboxylic acids is 1. The van der Waals surface area contributed by atoms with Gasteiger partial charge in [-0.25, -0.2) is 13.1 Å². The van der Waals surface area contributed by atoms with Gasteiger partial charge in [-0.2, -0.15) is 4.98 Å². The second-order valence-electron chi connectivity index (χ2n) is 19.6. The third-order valence-corrected chi connectivity index (χ3v) is 15.6. The highest BCUT2D eigenvalue weighted by molar-refractivity contribution is 7.90. The van der Waals surface area contributed by atoms with Crippen molar-refractivity contribution in [3.63, 3.8) is 0 Å². The molecule has 1 amide bonds. The molecule has 354 valence electrons. The average molecular weight is 952 g/mol. The Bertz CT molecular complexity index is 2810. The third kappa shape index (κ3) is 10.1. The number of nitro benzene ring substituents is 1. The molecular formula is C50H59ClN8O7S. The quantitative estimate of drug-likeness (QED) is 0.0799. The van der Waals surface area contributed by atoms with Crippen LogP contribution in [0.1, 0.15) is 82.1 Å². The number of ether oxygens (including phenoxy) is 2. The molecule has 3 aromatic carbocycles. The number of carbonyl (C=O) groups is 1. The van der Waals surface area contributed by atoms with Crippen molar-refractivity contribution in [1.29, 1.82) is 0 Å². The molecular weight excluding hydrogens is 892 g/mol. The number of halogens is 1. The van der Waals surface area contributed by atoms with E-state index in [-0.39, 0.29) is 22.6 Å². The number of piperazine rings is 1. The van der Waals surface area contributed by atoms with E-state index in [0.717, 1.165) is 87.0 Å². The molecule has 0 saturated carbocycles. The van der Waals surface area contributed by atoms with E-state index in [0.29, 0.717) is 55.7 Å². The Balaban J connectivity index is 0.994. The molecule has 4 aliphatic rings. The molecule has 0 radical (unpaired) electrons. The van der Waals surface area contributed by atoms with E-state index < -0.39 is 37.0 Å². The normalized spacial score (nSPS) is 18.6. The lowest BCUT2D eigenvalue weighted by molar-refractivity contribution is -0.384. The molecule has 17 heteroatoms. The summed E-state index contributed by atoms with van der Waals surface area (Å²) in [7, 11) is -4.59. The summed E-state index contributed by atoms with van der Waals surface area (Å²) < 4.78 is 42.0. The molecule has 0 unspecified atom stereocenters. The first-order chi connectivity index (χ1) is 32.0. The van der Waals surface area contributed by atoms with Crippen molar-refractivity contribution < 1.29 is 27.6 Å². The minimum atomic E-state index is -4.59. The van der Waals surface area contributed by atoms with Crippen LogP contribution in [-0.2, 0) is 14.8 Å². The number of aromatic amines is 1. The summed E-state index contributed by atoms with van der Waals surface area (Å²) in [6.45, 7) is 14.7. The number of allylic oxidation sites excluding steroid dienone is 1. The summed E-state index contributed by atoms with van der Waals surface area (Å²) in [6.07, 6.45) is 7.19. The summed E-state index contributed by atoms with van der Waals surface area (Å²) in [6, 6.07) is 21.2. The van der Waals surface area contributed by atoms with Gasteiger partial charge in [-0.1, -0.05) is 43.2 Å². The van der Waals surface area contributed by atoms with Crippen LogP contribution in [0, 0.1) is 21.4 Å². The summed E-state index contributed by atoms with van der Waals surface area (Å²) in [5.74, 6) is -0.294. The van der Waals surface area contributed by atoms with Crippen LogP contribution in [0.25, 0.3) is 16.6 Å². The zero-order chi connectivity index (χ0) is 47.1. The number of benzene rings is 3. The Hall–Kier alpha value is -5.68. The number of nitrogens with zero attached hydrogens (tertiary/aromatic N) is 5. The maximum Gasteiger partial charge on any atom is 0.293 e. The summed E-state index contributed by atoms with van der Waals surface area (Å²) in [4.78, 5) is 40.6. The highest BCUT2D eigenvalue weighted by atomic mass is 35.5. The maximum absolute atomic E-state index is 14.5. The van der Waals surface area contributed by atoms with Crippen LogP contribution in [-0.4, -0.2) is 98.7 Å². The van der Waals surface area contributed by atoms with Crippen molar-refractivity contribution in [2.45, 2.75) is 76.7 Å². The van der Waals surface area contributed by atoms with Crippen LogP contribution in [0.5, 0.6) is 5.88 Å². The van der Waals surface area contributed by atoms with Gasteiger partial charge < -0.3 is 29.6 Å². The molecule has 0 spiro atoms. The second kappa shape index (κ2) is 18.8. The van der Waals surface area contributed by atoms with E-state index in [9.17, 15) is 23.3 Å². The topological polar surface area (TPSA) is 175 Å². The van der Waals surface area contributed by atoms with E-state index in [1.807, 2.05) is 55.1 Å². The van der Waals surface area contributed by atoms with Gasteiger partial charge in [0.2, 0.25) is 5.88 Å². The molecule has 0 atom stereocenters. The van der Waals surface area contributed by atoms with E-state index in [2.05, 4.69) is 50.8 Å². The Morgan fingerprint density at radius 3 is 2.48 bits per heavy atom. The molecule has 5 heterocycles. The lowest BCUT2D eigenvalue weighted by atomic mass is 9.72. The van der Waals surface area contributed by atoms with Crippen LogP contribution in [0.15, 0.2) is 89.5 Å². The molecule has 2 aromatic heterocycles. The first-order valence-electron chi connectivity index (χ1n) is 23.2. The van der Waals surface area contributed by atoms with Crippen LogP contribution >= 0.6 is 11.6 Å². The maximum atomic E-state index is 14.5. The zero-order valence-electron chi connectivity index (χ0n) is 38.6. The van der Waals surface area contributed by atoms with Gasteiger partial charge in [0.1, 0.15) is 17.0 Å². The van der Waals surface area contributed by atoms with Gasteiger partial charge in [0.15, 0.2) is 0 Å². The van der Waals surface area contributed by atoms with Crippen molar-refractivity contribution in [2.75, 3.05) is 74.2 Å². The number of aromatic nitrogens is 2. The Kier molecular flexibility index (Phi) is 13.0. The molecule has 15 nitrogen and oxygen atoms in total. The first kappa shape index (κ1) is 46.4. The molecule has 5 aromatic rings. The minimum absolute atomic E-state index is 0.112. The SMILES string of the molecule is CC1(C)CCC(CN2CCN(c3ccc(C(=O)NS(=O)(=O)c4ccc(NC(C)(C)C5CCOCC5)c([N+](=O)[O-])c4)c(N4CCCOc5nc6[nH]ccc6cc54)c3)CC2)=C(c2ccc(Cl)cc2)C1. The number of hydrogen-bond acceptors (Lipinski definition) is 12. The van der Waals surface area contributed by atoms with Crippen LogP contribution in [0.4, 0.5) is 28.4 Å². The van der Waals surface area contributed by atoms with Crippen molar-refractivity contribution in [3.05, 3.63) is 111 Å². The van der Waals surface area contributed by atoms with Gasteiger partial charge >= 0.3 is 0 Å². The zero-order valence-corrected chi connectivity index (χ0v) is 40.1. The number of nitro groups is 1. The minimum Gasteiger partial charge on any atom is -0.476 e. The Morgan fingerprint density at radius 2 is 1.73 bits per heavy atom. The van der Waals surface area contributed by atoms with Crippen LogP contribution in [0.2, 0.25) is 5.02 Å². The standard InChI is InChI=1S/C50H59ClN8O7S/c1-49(2)18-14-35(41(31-49)33-6-8-37(51)9-7-33)32-56-21-23-57(24-22-56)38-10-12-40(43(29-38)58-20-5-25-66-48-45(58)28-34-15-19-52-46(34)53-48)47(60)55-67(63,64)39-11-13-42(44(30-39)59(61)62)54-50(3,4)36-16-26-65-27-17-36/h6-13,15,19,28-30,36,54H,5,14,16-18,20-27,31-32H2,1-4H3,(H,52,53)(H,55,60). The molecule has 3 aliphatic heterocycles. The Morgan fingerprint density at radius 1 is 0.970 bits per heavy atom. The number of hydrogen-bond donors (Lipinski definition) is 3. The molecule has 3 N–H and O–H groups in total. The van der Waals surface area contributed by atoms with E-state index in [1.165, 1.54) is 28.8 Å². The predicted octanol–water partition coefficient (Wildman–Crippen LogP) is 9.57.